The van der Waals surface area contributed by atoms with Gasteiger partial charge in [0.2, 0.25) is 5.88 Å². The lowest BCUT2D eigenvalue weighted by atomic mass is 10.2. The van der Waals surface area contributed by atoms with Crippen molar-refractivity contribution in [3.8, 4) is 5.88 Å². The fourth-order valence-electron chi connectivity index (χ4n) is 2.54. The minimum Gasteiger partial charge on any atom is -0.494 e. The maximum Gasteiger partial charge on any atom is 0.336 e. The Bertz CT molecular complexity index is 1170. The molecule has 3 rings (SSSR count). The molecule has 0 unspecified atom stereocenters. The number of aromatic amines is 1. The van der Waals surface area contributed by atoms with E-state index >= 15 is 0 Å². The molecule has 1 atom stereocenters. The zero-order valence-corrected chi connectivity index (χ0v) is 15.0. The SMILES string of the molecule is CC[C@H](C)n1c(O)c(C=Nc2ccc3oc(=O)ccc3c2)c(=O)[nH]c1=S. The minimum absolute atomic E-state index is 0.0265. The van der Waals surface area contributed by atoms with Crippen LogP contribution in [0.25, 0.3) is 11.0 Å². The van der Waals surface area contributed by atoms with E-state index in [1.165, 1.54) is 16.8 Å². The van der Waals surface area contributed by atoms with Gasteiger partial charge in [-0.05, 0) is 49.8 Å². The first-order chi connectivity index (χ1) is 12.4. The summed E-state index contributed by atoms with van der Waals surface area (Å²) in [5.74, 6) is -0.219. The normalized spacial score (nSPS) is 12.7. The second-order valence-corrected chi connectivity index (χ2v) is 6.25. The summed E-state index contributed by atoms with van der Waals surface area (Å²) in [4.78, 5) is 30.2. The molecule has 0 saturated heterocycles. The standard InChI is InChI=1S/C18H17N3O4S/c1-3-10(2)21-17(24)13(16(23)20-18(21)26)9-19-12-5-6-14-11(8-12)4-7-15(22)25-14/h4-10,24H,3H2,1-2H3,(H,20,23,26)/t10-/m0/s1. The van der Waals surface area contributed by atoms with Crippen molar-refractivity contribution in [2.75, 3.05) is 0 Å². The number of hydrogen-bond acceptors (Lipinski definition) is 6. The first-order valence-corrected chi connectivity index (χ1v) is 8.47. The van der Waals surface area contributed by atoms with Crippen LogP contribution < -0.4 is 11.2 Å². The van der Waals surface area contributed by atoms with Crippen molar-refractivity contribution in [2.45, 2.75) is 26.3 Å². The Morgan fingerprint density at radius 2 is 2.12 bits per heavy atom. The van der Waals surface area contributed by atoms with E-state index in [9.17, 15) is 14.7 Å². The summed E-state index contributed by atoms with van der Waals surface area (Å²) in [5.41, 5.74) is 0.0786. The lowest BCUT2D eigenvalue weighted by molar-refractivity contribution is 0.371. The van der Waals surface area contributed by atoms with Crippen LogP contribution in [0, 0.1) is 4.77 Å². The predicted molar refractivity (Wildman–Crippen MR) is 102 cm³/mol. The lowest BCUT2D eigenvalue weighted by Crippen LogP contribution is -2.20. The van der Waals surface area contributed by atoms with Gasteiger partial charge in [0.25, 0.3) is 5.56 Å². The van der Waals surface area contributed by atoms with Crippen molar-refractivity contribution in [2.24, 2.45) is 4.99 Å². The summed E-state index contributed by atoms with van der Waals surface area (Å²) in [6, 6.07) is 7.87. The number of nitrogens with one attached hydrogen (secondary N) is 1. The third kappa shape index (κ3) is 3.36. The summed E-state index contributed by atoms with van der Waals surface area (Å²) in [6.45, 7) is 3.85. The number of benzene rings is 1. The van der Waals surface area contributed by atoms with Crippen LogP contribution in [0.3, 0.4) is 0 Å². The van der Waals surface area contributed by atoms with Crippen LogP contribution in [-0.4, -0.2) is 20.9 Å². The van der Waals surface area contributed by atoms with Gasteiger partial charge < -0.3 is 9.52 Å². The van der Waals surface area contributed by atoms with Gasteiger partial charge in [-0.25, -0.2) is 4.79 Å². The zero-order valence-electron chi connectivity index (χ0n) is 14.2. The van der Waals surface area contributed by atoms with E-state index in [1.54, 1.807) is 24.3 Å². The fourth-order valence-corrected chi connectivity index (χ4v) is 2.90. The van der Waals surface area contributed by atoms with Gasteiger partial charge in [-0.3, -0.25) is 19.3 Å². The Morgan fingerprint density at radius 3 is 2.85 bits per heavy atom. The van der Waals surface area contributed by atoms with Gasteiger partial charge in [-0.1, -0.05) is 6.92 Å². The highest BCUT2D eigenvalue weighted by Crippen LogP contribution is 2.22. The van der Waals surface area contributed by atoms with Crippen molar-refractivity contribution < 1.29 is 9.52 Å². The maximum atomic E-state index is 12.2. The van der Waals surface area contributed by atoms with E-state index in [2.05, 4.69) is 9.98 Å². The quantitative estimate of drug-likeness (QED) is 0.416. The van der Waals surface area contributed by atoms with Crippen molar-refractivity contribution in [1.29, 1.82) is 0 Å². The van der Waals surface area contributed by atoms with Gasteiger partial charge in [-0.15, -0.1) is 0 Å². The number of H-pyrrole nitrogens is 1. The summed E-state index contributed by atoms with van der Waals surface area (Å²) in [5, 5.41) is 11.2. The number of nitrogens with zero attached hydrogens (tertiary/aromatic N) is 2. The van der Waals surface area contributed by atoms with Gasteiger partial charge in [0, 0.05) is 23.7 Å². The number of aromatic hydroxyl groups is 1. The summed E-state index contributed by atoms with van der Waals surface area (Å²) in [6.07, 6.45) is 2.03. The summed E-state index contributed by atoms with van der Waals surface area (Å²) in [7, 11) is 0. The summed E-state index contributed by atoms with van der Waals surface area (Å²) < 4.78 is 6.73. The molecule has 0 aliphatic rings. The number of rotatable bonds is 4. The molecule has 0 fully saturated rings. The van der Waals surface area contributed by atoms with E-state index in [0.717, 1.165) is 6.42 Å². The molecule has 1 aromatic carbocycles. The second-order valence-electron chi connectivity index (χ2n) is 5.86. The van der Waals surface area contributed by atoms with Crippen LogP contribution in [0.1, 0.15) is 31.9 Å². The van der Waals surface area contributed by atoms with Crippen molar-refractivity contribution in [3.05, 3.63) is 61.4 Å². The maximum absolute atomic E-state index is 12.2. The highest BCUT2D eigenvalue weighted by Gasteiger charge is 2.14. The van der Waals surface area contributed by atoms with Gasteiger partial charge >= 0.3 is 5.63 Å². The molecule has 0 spiro atoms. The van der Waals surface area contributed by atoms with Crippen molar-refractivity contribution >= 4 is 35.1 Å². The minimum atomic E-state index is -0.511. The van der Waals surface area contributed by atoms with Gasteiger partial charge in [-0.2, -0.15) is 0 Å². The van der Waals surface area contributed by atoms with Crippen LogP contribution in [-0.2, 0) is 0 Å². The smallest absolute Gasteiger partial charge is 0.336 e. The number of aromatic nitrogens is 2. The highest BCUT2D eigenvalue weighted by molar-refractivity contribution is 7.71. The fraction of sp³-hybridized carbons (Fsp3) is 0.222. The third-order valence-corrected chi connectivity index (χ3v) is 4.43. The van der Waals surface area contributed by atoms with Crippen molar-refractivity contribution in [1.82, 2.24) is 9.55 Å². The average molecular weight is 371 g/mol. The monoisotopic (exact) mass is 371 g/mol. The molecule has 2 heterocycles. The Hall–Kier alpha value is -3.00. The van der Waals surface area contributed by atoms with Crippen LogP contribution in [0.15, 0.2) is 49.3 Å². The largest absolute Gasteiger partial charge is 0.494 e. The third-order valence-electron chi connectivity index (χ3n) is 4.13. The molecule has 134 valence electrons. The Kier molecular flexibility index (Phi) is 4.85. The van der Waals surface area contributed by atoms with Crippen LogP contribution in [0.5, 0.6) is 5.88 Å². The van der Waals surface area contributed by atoms with Crippen molar-refractivity contribution in [3.63, 3.8) is 0 Å². The first kappa shape index (κ1) is 17.8. The number of aliphatic imine (C=N–C) groups is 1. The molecule has 0 aliphatic carbocycles. The van der Waals surface area contributed by atoms with Crippen LogP contribution in [0.4, 0.5) is 5.69 Å². The van der Waals surface area contributed by atoms with E-state index in [4.69, 9.17) is 16.6 Å². The predicted octanol–water partition coefficient (Wildman–Crippen LogP) is 3.44. The molecule has 7 nitrogen and oxygen atoms in total. The zero-order chi connectivity index (χ0) is 18.8. The lowest BCUT2D eigenvalue weighted by Gasteiger charge is -2.16. The van der Waals surface area contributed by atoms with Gasteiger partial charge in [0.15, 0.2) is 4.77 Å². The Labute approximate surface area is 153 Å². The molecular formula is C18H17N3O4S. The molecule has 26 heavy (non-hydrogen) atoms. The molecule has 0 radical (unpaired) electrons. The molecular weight excluding hydrogens is 354 g/mol. The molecule has 0 bridgehead atoms. The average Bonchev–Trinajstić information content (AvgIpc) is 2.61. The number of fused-ring (bicyclic) bond motifs is 1. The van der Waals surface area contributed by atoms with E-state index in [0.29, 0.717) is 16.7 Å². The molecule has 2 aromatic heterocycles. The summed E-state index contributed by atoms with van der Waals surface area (Å²) >= 11 is 5.14. The molecule has 0 saturated carbocycles. The topological polar surface area (TPSA) is 101 Å². The van der Waals surface area contributed by atoms with Gasteiger partial charge in [0.1, 0.15) is 11.1 Å². The van der Waals surface area contributed by atoms with E-state index in [-0.39, 0.29) is 22.3 Å². The molecule has 2 N–H and O–H groups in total. The van der Waals surface area contributed by atoms with E-state index in [1.807, 2.05) is 13.8 Å². The Morgan fingerprint density at radius 1 is 1.35 bits per heavy atom. The van der Waals surface area contributed by atoms with Crippen LogP contribution in [0.2, 0.25) is 0 Å². The molecule has 0 amide bonds. The number of hydrogen-bond donors (Lipinski definition) is 2. The molecule has 8 heteroatoms. The van der Waals surface area contributed by atoms with E-state index < -0.39 is 11.2 Å². The first-order valence-electron chi connectivity index (χ1n) is 8.06. The second kappa shape index (κ2) is 7.09. The van der Waals surface area contributed by atoms with Crippen LogP contribution >= 0.6 is 12.2 Å². The molecule has 0 aliphatic heterocycles. The van der Waals surface area contributed by atoms with Gasteiger partial charge in [0.05, 0.1) is 5.69 Å². The molecule has 3 aromatic rings. The Balaban J connectivity index is 2.06. The highest BCUT2D eigenvalue weighted by atomic mass is 32.1.